The van der Waals surface area contributed by atoms with Crippen molar-refractivity contribution in [3.05, 3.63) is 46.2 Å². The van der Waals surface area contributed by atoms with Gasteiger partial charge in [-0.1, -0.05) is 6.07 Å². The maximum atomic E-state index is 12.4. The highest BCUT2D eigenvalue weighted by Gasteiger charge is 2.26. The number of imidazole rings is 1. The topological polar surface area (TPSA) is 71.3 Å². The molecule has 2 aromatic heterocycles. The van der Waals surface area contributed by atoms with E-state index in [1.165, 1.54) is 0 Å². The van der Waals surface area contributed by atoms with Crippen LogP contribution >= 0.6 is 15.9 Å². The second-order valence-corrected chi connectivity index (χ2v) is 6.97. The first-order chi connectivity index (χ1) is 13.2. The van der Waals surface area contributed by atoms with E-state index in [1.54, 1.807) is 36.0 Å². The van der Waals surface area contributed by atoms with Crippen LogP contribution in [0.5, 0.6) is 0 Å². The normalized spacial score (nSPS) is 11.6. The average Bonchev–Trinajstić information content (AvgIpc) is 3.03. The van der Waals surface area contributed by atoms with Gasteiger partial charge in [0.2, 0.25) is 0 Å². The van der Waals surface area contributed by atoms with Crippen LogP contribution < -0.4 is 10.6 Å². The van der Waals surface area contributed by atoms with Gasteiger partial charge in [0, 0.05) is 24.7 Å². The summed E-state index contributed by atoms with van der Waals surface area (Å²) in [7, 11) is 1.56. The van der Waals surface area contributed by atoms with Crippen LogP contribution in [0.25, 0.3) is 16.9 Å². The number of amides is 1. The lowest BCUT2D eigenvalue weighted by Gasteiger charge is -2.11. The van der Waals surface area contributed by atoms with Crippen molar-refractivity contribution in [2.45, 2.75) is 19.5 Å². The van der Waals surface area contributed by atoms with E-state index in [2.05, 4.69) is 36.6 Å². The molecule has 0 atom stereocenters. The van der Waals surface area contributed by atoms with Gasteiger partial charge < -0.3 is 10.6 Å². The van der Waals surface area contributed by atoms with Crippen molar-refractivity contribution >= 4 is 33.2 Å². The number of carbonyl (C=O) groups excluding carboxylic acids is 1. The van der Waals surface area contributed by atoms with E-state index in [1.807, 2.05) is 13.0 Å². The Labute approximate surface area is 167 Å². The summed E-state index contributed by atoms with van der Waals surface area (Å²) in [5.74, 6) is -0.181. The van der Waals surface area contributed by atoms with Gasteiger partial charge in [0.25, 0.3) is 5.91 Å². The number of nitrogens with zero attached hydrogens (tertiary/aromatic N) is 3. The predicted molar refractivity (Wildman–Crippen MR) is 103 cm³/mol. The van der Waals surface area contributed by atoms with Gasteiger partial charge in [-0.3, -0.25) is 4.79 Å². The number of hydrogen-bond donors (Lipinski definition) is 2. The van der Waals surface area contributed by atoms with E-state index >= 15 is 0 Å². The minimum Gasteiger partial charge on any atom is -0.382 e. The summed E-state index contributed by atoms with van der Waals surface area (Å²) >= 11 is 3.29. The van der Waals surface area contributed by atoms with Crippen molar-refractivity contribution in [2.75, 3.05) is 18.9 Å². The molecule has 28 heavy (non-hydrogen) atoms. The number of alkyl halides is 3. The molecule has 0 saturated heterocycles. The average molecular weight is 456 g/mol. The quantitative estimate of drug-likeness (QED) is 0.604. The number of fused-ring (bicyclic) bond motifs is 1. The molecule has 0 radical (unpaired) electrons. The summed E-state index contributed by atoms with van der Waals surface area (Å²) in [6, 6.07) is 6.92. The molecule has 0 bridgehead atoms. The molecule has 148 valence electrons. The van der Waals surface area contributed by atoms with Crippen molar-refractivity contribution in [1.82, 2.24) is 19.9 Å². The number of hydrogen-bond acceptors (Lipinski definition) is 4. The van der Waals surface area contributed by atoms with E-state index < -0.39 is 12.6 Å². The van der Waals surface area contributed by atoms with Gasteiger partial charge in [-0.2, -0.15) is 18.3 Å². The van der Waals surface area contributed by atoms with Gasteiger partial charge in [-0.15, -0.1) is 0 Å². The first-order valence-electron chi connectivity index (χ1n) is 8.37. The van der Waals surface area contributed by atoms with E-state index in [9.17, 15) is 18.0 Å². The van der Waals surface area contributed by atoms with Gasteiger partial charge in [0.1, 0.15) is 4.60 Å². The fourth-order valence-corrected chi connectivity index (χ4v) is 3.20. The van der Waals surface area contributed by atoms with Crippen molar-refractivity contribution in [3.8, 4) is 11.3 Å². The maximum absolute atomic E-state index is 12.4. The molecule has 0 fully saturated rings. The van der Waals surface area contributed by atoms with E-state index in [4.69, 9.17) is 0 Å². The third-order valence-electron chi connectivity index (χ3n) is 4.16. The molecule has 2 N–H and O–H groups in total. The van der Waals surface area contributed by atoms with Crippen molar-refractivity contribution < 1.29 is 18.0 Å². The summed E-state index contributed by atoms with van der Waals surface area (Å²) in [5, 5.41) is 9.72. The third-order valence-corrected chi connectivity index (χ3v) is 4.54. The Morgan fingerprint density at radius 1 is 1.29 bits per heavy atom. The second-order valence-electron chi connectivity index (χ2n) is 6.16. The summed E-state index contributed by atoms with van der Waals surface area (Å²) in [6.45, 7) is 1.56. The van der Waals surface area contributed by atoms with Crippen LogP contribution in [0.1, 0.15) is 22.3 Å². The Bertz CT molecular complexity index is 1030. The molecule has 1 amide bonds. The van der Waals surface area contributed by atoms with Crippen LogP contribution in [0.3, 0.4) is 0 Å². The van der Waals surface area contributed by atoms with Crippen LogP contribution in [-0.2, 0) is 0 Å². The maximum Gasteiger partial charge on any atom is 0.390 e. The van der Waals surface area contributed by atoms with Gasteiger partial charge in [0.05, 0.1) is 24.0 Å². The highest BCUT2D eigenvalue weighted by molar-refractivity contribution is 9.10. The molecule has 3 aromatic rings. The van der Waals surface area contributed by atoms with Crippen LogP contribution in [-0.4, -0.2) is 40.3 Å². The summed E-state index contributed by atoms with van der Waals surface area (Å²) in [5.41, 5.74) is 3.63. The lowest BCUT2D eigenvalue weighted by molar-refractivity contribution is -0.131. The van der Waals surface area contributed by atoms with Crippen molar-refractivity contribution in [2.24, 2.45) is 0 Å². The zero-order valence-electron chi connectivity index (χ0n) is 15.1. The standard InChI is InChI=1S/C18H17BrF3N5O/c1-10-7-11(3-4-12(10)17(28)23-2)14-9-25-16-13(8-15(19)26-27(14)16)24-6-5-18(20,21)22/h3-4,7-9,24H,5-6H2,1-2H3,(H,23,28). The number of anilines is 1. The Kier molecular flexibility index (Phi) is 5.59. The van der Waals surface area contributed by atoms with Crippen LogP contribution in [0.15, 0.2) is 35.1 Å². The molecule has 2 heterocycles. The summed E-state index contributed by atoms with van der Waals surface area (Å²) in [4.78, 5) is 16.2. The predicted octanol–water partition coefficient (Wildman–Crippen LogP) is 4.19. The molecule has 3 rings (SSSR count). The highest BCUT2D eigenvalue weighted by atomic mass is 79.9. The second kappa shape index (κ2) is 7.78. The molecular formula is C18H17BrF3N5O. The van der Waals surface area contributed by atoms with Crippen molar-refractivity contribution in [1.29, 1.82) is 0 Å². The first-order valence-corrected chi connectivity index (χ1v) is 9.17. The monoisotopic (exact) mass is 455 g/mol. The Balaban J connectivity index is 1.98. The largest absolute Gasteiger partial charge is 0.390 e. The zero-order chi connectivity index (χ0) is 20.5. The Morgan fingerprint density at radius 2 is 2.04 bits per heavy atom. The van der Waals surface area contributed by atoms with Crippen molar-refractivity contribution in [3.63, 3.8) is 0 Å². The third kappa shape index (κ3) is 4.27. The molecule has 0 unspecified atom stereocenters. The number of halogens is 4. The van der Waals surface area contributed by atoms with Crippen LogP contribution in [0.2, 0.25) is 0 Å². The van der Waals surface area contributed by atoms with E-state index in [0.717, 1.165) is 11.1 Å². The van der Waals surface area contributed by atoms with Crippen LogP contribution in [0.4, 0.5) is 18.9 Å². The molecule has 10 heteroatoms. The SMILES string of the molecule is CNC(=O)c1ccc(-c2cnc3c(NCCC(F)(F)F)cc(Br)nn23)cc1C. The number of benzene rings is 1. The molecule has 0 aliphatic rings. The van der Waals surface area contributed by atoms with Crippen LogP contribution in [0, 0.1) is 6.92 Å². The lowest BCUT2D eigenvalue weighted by atomic mass is 10.0. The molecule has 0 saturated carbocycles. The Hall–Kier alpha value is -2.62. The smallest absolute Gasteiger partial charge is 0.382 e. The number of nitrogens with one attached hydrogen (secondary N) is 2. The van der Waals surface area contributed by atoms with Gasteiger partial charge in [-0.25, -0.2) is 9.50 Å². The van der Waals surface area contributed by atoms with Gasteiger partial charge in [0.15, 0.2) is 5.65 Å². The summed E-state index contributed by atoms with van der Waals surface area (Å²) in [6.07, 6.45) is -3.59. The van der Waals surface area contributed by atoms with E-state index in [0.29, 0.717) is 27.2 Å². The molecular weight excluding hydrogens is 439 g/mol. The molecule has 0 aliphatic heterocycles. The number of carbonyl (C=O) groups is 1. The molecule has 0 aliphatic carbocycles. The van der Waals surface area contributed by atoms with Gasteiger partial charge >= 0.3 is 6.18 Å². The first kappa shape index (κ1) is 20.1. The fourth-order valence-electron chi connectivity index (χ4n) is 2.82. The minimum atomic E-state index is -4.24. The molecule has 1 aromatic carbocycles. The molecule has 6 nitrogen and oxygen atoms in total. The summed E-state index contributed by atoms with van der Waals surface area (Å²) < 4.78 is 39.3. The lowest BCUT2D eigenvalue weighted by Crippen LogP contribution is -2.18. The number of aromatic nitrogens is 3. The zero-order valence-corrected chi connectivity index (χ0v) is 16.6. The fraction of sp³-hybridized carbons (Fsp3) is 0.278. The van der Waals surface area contributed by atoms with Gasteiger partial charge in [-0.05, 0) is 46.6 Å². The highest BCUT2D eigenvalue weighted by Crippen LogP contribution is 2.28. The van der Waals surface area contributed by atoms with E-state index in [-0.39, 0.29) is 12.5 Å². The molecule has 0 spiro atoms. The number of aryl methyl sites for hydroxylation is 1. The minimum absolute atomic E-state index is 0.181. The Morgan fingerprint density at radius 3 is 2.68 bits per heavy atom. The number of rotatable bonds is 5.